The highest BCUT2D eigenvalue weighted by Gasteiger charge is 2.40. The Balaban J connectivity index is 1.89. The van der Waals surface area contributed by atoms with E-state index in [1.807, 2.05) is 49.4 Å². The largest absolute Gasteiger partial charge is 0.355 e. The Morgan fingerprint density at radius 3 is 2.42 bits per heavy atom. The van der Waals surface area contributed by atoms with E-state index in [0.717, 1.165) is 43.0 Å². The number of hydrogen-bond donors (Lipinski definition) is 0. The van der Waals surface area contributed by atoms with E-state index in [9.17, 15) is 10.1 Å². The topological polar surface area (TPSA) is 57.0 Å². The van der Waals surface area contributed by atoms with Crippen molar-refractivity contribution in [3.05, 3.63) is 59.3 Å². The van der Waals surface area contributed by atoms with Crippen LogP contribution in [0.5, 0.6) is 0 Å². The first-order valence-electron chi connectivity index (χ1n) is 8.26. The highest BCUT2D eigenvalue weighted by atomic mass is 16.1. The van der Waals surface area contributed by atoms with Crippen LogP contribution in [0.15, 0.2) is 42.5 Å². The summed E-state index contributed by atoms with van der Waals surface area (Å²) in [6.07, 6.45) is 1.49. The fourth-order valence-electron chi connectivity index (χ4n) is 3.57. The standard InChI is InChI=1S/C20H21N3O/c1-15-8-9-17(14-21)19(22-15)23-12-10-20(11-13-23,16(2)24)18-6-4-3-5-7-18/h3-9H,10-13H2,1-2H3. The number of nitriles is 1. The molecule has 0 bridgehead atoms. The number of carbonyl (C=O) groups is 1. The minimum atomic E-state index is -0.422. The first-order valence-corrected chi connectivity index (χ1v) is 8.26. The van der Waals surface area contributed by atoms with Gasteiger partial charge < -0.3 is 4.90 Å². The normalized spacial score (nSPS) is 16.5. The molecular weight excluding hydrogens is 298 g/mol. The molecule has 0 N–H and O–H groups in total. The van der Waals surface area contributed by atoms with Gasteiger partial charge in [0.05, 0.1) is 11.0 Å². The van der Waals surface area contributed by atoms with Crippen molar-refractivity contribution in [2.24, 2.45) is 0 Å². The molecule has 4 nitrogen and oxygen atoms in total. The number of rotatable bonds is 3. The number of aryl methyl sites for hydroxylation is 1. The SMILES string of the molecule is CC(=O)C1(c2ccccc2)CCN(c2nc(C)ccc2C#N)CC1. The Kier molecular flexibility index (Phi) is 4.35. The molecule has 1 saturated heterocycles. The van der Waals surface area contributed by atoms with Crippen molar-refractivity contribution in [2.45, 2.75) is 32.1 Å². The van der Waals surface area contributed by atoms with Crippen LogP contribution < -0.4 is 4.90 Å². The second-order valence-electron chi connectivity index (χ2n) is 6.43. The molecule has 1 aliphatic heterocycles. The number of ketones is 1. The van der Waals surface area contributed by atoms with Gasteiger partial charge in [0.25, 0.3) is 0 Å². The number of Topliss-reactive ketones (excluding diaryl/α,β-unsaturated/α-hetero) is 1. The van der Waals surface area contributed by atoms with Crippen LogP contribution in [0.1, 0.15) is 36.6 Å². The summed E-state index contributed by atoms with van der Waals surface area (Å²) in [6.45, 7) is 5.06. The number of piperidine rings is 1. The molecule has 0 unspecified atom stereocenters. The van der Waals surface area contributed by atoms with Crippen molar-refractivity contribution in [1.29, 1.82) is 5.26 Å². The molecule has 1 aromatic carbocycles. The van der Waals surface area contributed by atoms with Gasteiger partial charge in [0.15, 0.2) is 0 Å². The third-order valence-corrected chi connectivity index (χ3v) is 5.05. The fraction of sp³-hybridized carbons (Fsp3) is 0.350. The van der Waals surface area contributed by atoms with Gasteiger partial charge in [0, 0.05) is 18.8 Å². The molecule has 2 heterocycles. The van der Waals surface area contributed by atoms with Crippen molar-refractivity contribution in [1.82, 2.24) is 4.98 Å². The average Bonchev–Trinajstić information content (AvgIpc) is 2.62. The van der Waals surface area contributed by atoms with E-state index < -0.39 is 5.41 Å². The monoisotopic (exact) mass is 319 g/mol. The molecule has 0 saturated carbocycles. The Bertz CT molecular complexity index is 784. The number of carbonyl (C=O) groups excluding carboxylic acids is 1. The van der Waals surface area contributed by atoms with E-state index in [2.05, 4.69) is 16.0 Å². The van der Waals surface area contributed by atoms with E-state index in [1.165, 1.54) is 0 Å². The van der Waals surface area contributed by atoms with Crippen LogP contribution in [0.2, 0.25) is 0 Å². The first-order chi connectivity index (χ1) is 11.6. The van der Waals surface area contributed by atoms with Gasteiger partial charge in [-0.3, -0.25) is 4.79 Å². The Morgan fingerprint density at radius 2 is 1.83 bits per heavy atom. The molecule has 1 fully saturated rings. The molecule has 122 valence electrons. The lowest BCUT2D eigenvalue weighted by atomic mass is 9.70. The number of aromatic nitrogens is 1. The number of nitrogens with zero attached hydrogens (tertiary/aromatic N) is 3. The predicted molar refractivity (Wildman–Crippen MR) is 93.9 cm³/mol. The summed E-state index contributed by atoms with van der Waals surface area (Å²) < 4.78 is 0. The Labute approximate surface area is 142 Å². The highest BCUT2D eigenvalue weighted by Crippen LogP contribution is 2.38. The zero-order chi connectivity index (χ0) is 17.2. The molecule has 0 amide bonds. The summed E-state index contributed by atoms with van der Waals surface area (Å²) >= 11 is 0. The highest BCUT2D eigenvalue weighted by molar-refractivity contribution is 5.88. The third kappa shape index (κ3) is 2.78. The molecule has 0 aliphatic carbocycles. The molecule has 0 radical (unpaired) electrons. The molecule has 24 heavy (non-hydrogen) atoms. The van der Waals surface area contributed by atoms with E-state index in [4.69, 9.17) is 0 Å². The minimum absolute atomic E-state index is 0.214. The number of anilines is 1. The van der Waals surface area contributed by atoms with Gasteiger partial charge in [-0.15, -0.1) is 0 Å². The summed E-state index contributed by atoms with van der Waals surface area (Å²) in [6, 6.07) is 15.9. The van der Waals surface area contributed by atoms with E-state index in [-0.39, 0.29) is 5.78 Å². The van der Waals surface area contributed by atoms with Crippen molar-refractivity contribution >= 4 is 11.6 Å². The maximum Gasteiger partial charge on any atom is 0.146 e. The van der Waals surface area contributed by atoms with Crippen LogP contribution in [0, 0.1) is 18.3 Å². The van der Waals surface area contributed by atoms with Gasteiger partial charge in [-0.25, -0.2) is 4.98 Å². The van der Waals surface area contributed by atoms with Crippen molar-refractivity contribution in [2.75, 3.05) is 18.0 Å². The lowest BCUT2D eigenvalue weighted by Crippen LogP contribution is -2.47. The number of benzene rings is 1. The zero-order valence-corrected chi connectivity index (χ0v) is 14.1. The van der Waals surface area contributed by atoms with E-state index >= 15 is 0 Å². The van der Waals surface area contributed by atoms with Crippen LogP contribution in [-0.4, -0.2) is 23.9 Å². The van der Waals surface area contributed by atoms with Gasteiger partial charge in [-0.05, 0) is 44.4 Å². The van der Waals surface area contributed by atoms with Crippen LogP contribution >= 0.6 is 0 Å². The van der Waals surface area contributed by atoms with Crippen LogP contribution in [0.3, 0.4) is 0 Å². The second kappa shape index (κ2) is 6.45. The van der Waals surface area contributed by atoms with E-state index in [0.29, 0.717) is 5.56 Å². The van der Waals surface area contributed by atoms with E-state index in [1.54, 1.807) is 6.92 Å². The average molecular weight is 319 g/mol. The maximum absolute atomic E-state index is 12.5. The predicted octanol–water partition coefficient (Wildman–Crippen LogP) is 3.39. The van der Waals surface area contributed by atoms with Crippen LogP contribution in [0.25, 0.3) is 0 Å². The summed E-state index contributed by atoms with van der Waals surface area (Å²) in [5.41, 5.74) is 2.16. The summed E-state index contributed by atoms with van der Waals surface area (Å²) in [5, 5.41) is 9.34. The van der Waals surface area contributed by atoms with Crippen molar-refractivity contribution in [3.63, 3.8) is 0 Å². The first kappa shape index (κ1) is 16.2. The molecule has 4 heteroatoms. The molecule has 1 aromatic heterocycles. The van der Waals surface area contributed by atoms with Crippen LogP contribution in [0.4, 0.5) is 5.82 Å². The molecule has 1 aliphatic rings. The van der Waals surface area contributed by atoms with Gasteiger partial charge >= 0.3 is 0 Å². The van der Waals surface area contributed by atoms with Gasteiger partial charge in [0.2, 0.25) is 0 Å². The summed E-state index contributed by atoms with van der Waals surface area (Å²) in [4.78, 5) is 19.1. The maximum atomic E-state index is 12.5. The Hall–Kier alpha value is -2.67. The molecule has 2 aromatic rings. The summed E-state index contributed by atoms with van der Waals surface area (Å²) in [7, 11) is 0. The van der Waals surface area contributed by atoms with Gasteiger partial charge in [-0.1, -0.05) is 30.3 Å². The Morgan fingerprint density at radius 1 is 1.17 bits per heavy atom. The summed E-state index contributed by atoms with van der Waals surface area (Å²) in [5.74, 6) is 0.953. The van der Waals surface area contributed by atoms with Crippen LogP contribution in [-0.2, 0) is 10.2 Å². The van der Waals surface area contributed by atoms with Gasteiger partial charge in [0.1, 0.15) is 17.7 Å². The van der Waals surface area contributed by atoms with Crippen molar-refractivity contribution in [3.8, 4) is 6.07 Å². The van der Waals surface area contributed by atoms with Crippen molar-refractivity contribution < 1.29 is 4.79 Å². The zero-order valence-electron chi connectivity index (χ0n) is 14.1. The number of hydrogen-bond acceptors (Lipinski definition) is 4. The minimum Gasteiger partial charge on any atom is -0.355 e. The molecule has 0 spiro atoms. The third-order valence-electron chi connectivity index (χ3n) is 5.05. The quantitative estimate of drug-likeness (QED) is 0.870. The number of pyridine rings is 1. The lowest BCUT2D eigenvalue weighted by Gasteiger charge is -2.41. The molecule has 0 atom stereocenters. The second-order valence-corrected chi connectivity index (χ2v) is 6.43. The smallest absolute Gasteiger partial charge is 0.146 e. The van der Waals surface area contributed by atoms with Gasteiger partial charge in [-0.2, -0.15) is 5.26 Å². The fourth-order valence-corrected chi connectivity index (χ4v) is 3.57. The lowest BCUT2D eigenvalue weighted by molar-refractivity contribution is -0.123. The molecule has 3 rings (SSSR count). The molecular formula is C20H21N3O.